The zero-order chi connectivity index (χ0) is 15.7. The van der Waals surface area contributed by atoms with Crippen LogP contribution in [0.2, 0.25) is 0 Å². The minimum absolute atomic E-state index is 0.169. The SMILES string of the molecule is O=[N+]([O-])c1cc(F)ccc1N1CCN2C[C@H](CO)CC[C@H]2C1. The van der Waals surface area contributed by atoms with Crippen LogP contribution in [0.1, 0.15) is 12.8 Å². The van der Waals surface area contributed by atoms with E-state index in [2.05, 4.69) is 4.90 Å². The summed E-state index contributed by atoms with van der Waals surface area (Å²) >= 11 is 0. The molecule has 1 aromatic carbocycles. The molecule has 0 unspecified atom stereocenters. The van der Waals surface area contributed by atoms with Crippen molar-refractivity contribution >= 4 is 11.4 Å². The number of halogens is 1. The quantitative estimate of drug-likeness (QED) is 0.679. The molecule has 0 spiro atoms. The maximum Gasteiger partial charge on any atom is 0.295 e. The molecule has 0 aliphatic carbocycles. The number of nitro benzene ring substituents is 1. The van der Waals surface area contributed by atoms with Crippen LogP contribution in [-0.4, -0.2) is 53.8 Å². The van der Waals surface area contributed by atoms with Gasteiger partial charge in [-0.05, 0) is 30.9 Å². The van der Waals surface area contributed by atoms with E-state index in [1.54, 1.807) is 0 Å². The second-order valence-corrected chi connectivity index (χ2v) is 6.11. The molecule has 2 fully saturated rings. The van der Waals surface area contributed by atoms with E-state index in [9.17, 15) is 19.6 Å². The minimum atomic E-state index is -0.586. The number of anilines is 1. The van der Waals surface area contributed by atoms with Gasteiger partial charge in [0.05, 0.1) is 11.0 Å². The normalized spacial score (nSPS) is 25.8. The fraction of sp³-hybridized carbons (Fsp3) is 0.600. The van der Waals surface area contributed by atoms with Crippen LogP contribution in [0, 0.1) is 21.8 Å². The molecule has 0 saturated carbocycles. The second kappa shape index (κ2) is 6.18. The molecular weight excluding hydrogens is 289 g/mol. The van der Waals surface area contributed by atoms with Crippen molar-refractivity contribution in [2.45, 2.75) is 18.9 Å². The molecule has 22 heavy (non-hydrogen) atoms. The van der Waals surface area contributed by atoms with Gasteiger partial charge in [0.1, 0.15) is 11.5 Å². The van der Waals surface area contributed by atoms with E-state index in [0.29, 0.717) is 30.7 Å². The number of piperidine rings is 1. The Morgan fingerprint density at radius 1 is 1.32 bits per heavy atom. The summed E-state index contributed by atoms with van der Waals surface area (Å²) in [6, 6.07) is 4.12. The first kappa shape index (κ1) is 15.2. The molecule has 3 rings (SSSR count). The van der Waals surface area contributed by atoms with Gasteiger partial charge < -0.3 is 10.0 Å². The Labute approximate surface area is 128 Å². The predicted octanol–water partition coefficient (Wildman–Crippen LogP) is 1.63. The first-order valence-electron chi connectivity index (χ1n) is 7.62. The van der Waals surface area contributed by atoms with Crippen molar-refractivity contribution in [3.8, 4) is 0 Å². The van der Waals surface area contributed by atoms with Gasteiger partial charge in [0.2, 0.25) is 0 Å². The molecule has 120 valence electrons. The molecule has 1 aromatic rings. The maximum atomic E-state index is 13.3. The summed E-state index contributed by atoms with van der Waals surface area (Å²) < 4.78 is 13.3. The molecule has 7 heteroatoms. The van der Waals surface area contributed by atoms with Gasteiger partial charge in [-0.2, -0.15) is 0 Å². The molecule has 0 aromatic heterocycles. The zero-order valence-corrected chi connectivity index (χ0v) is 12.3. The molecule has 0 bridgehead atoms. The van der Waals surface area contributed by atoms with Crippen molar-refractivity contribution in [1.82, 2.24) is 4.90 Å². The smallest absolute Gasteiger partial charge is 0.295 e. The molecule has 2 aliphatic heterocycles. The van der Waals surface area contributed by atoms with Crippen LogP contribution in [-0.2, 0) is 0 Å². The van der Waals surface area contributed by atoms with Gasteiger partial charge in [0.15, 0.2) is 0 Å². The van der Waals surface area contributed by atoms with Crippen molar-refractivity contribution < 1.29 is 14.4 Å². The standard InChI is InChI=1S/C15H20FN3O3/c16-12-2-4-14(15(7-12)19(21)22)18-6-5-17-8-11(10-20)1-3-13(17)9-18/h2,4,7,11,13,20H,1,3,5-6,8-10H2/t11-,13+/m1/s1. The van der Waals surface area contributed by atoms with Crippen LogP contribution in [0.15, 0.2) is 18.2 Å². The number of piperazine rings is 1. The summed E-state index contributed by atoms with van der Waals surface area (Å²) in [6.07, 6.45) is 1.97. The Morgan fingerprint density at radius 2 is 2.14 bits per heavy atom. The van der Waals surface area contributed by atoms with Crippen molar-refractivity contribution in [3.05, 3.63) is 34.1 Å². The molecule has 1 N–H and O–H groups in total. The second-order valence-electron chi connectivity index (χ2n) is 6.11. The zero-order valence-electron chi connectivity index (χ0n) is 12.3. The number of hydrogen-bond acceptors (Lipinski definition) is 5. The molecule has 6 nitrogen and oxygen atoms in total. The van der Waals surface area contributed by atoms with Crippen molar-refractivity contribution in [3.63, 3.8) is 0 Å². The van der Waals surface area contributed by atoms with E-state index in [4.69, 9.17) is 0 Å². The monoisotopic (exact) mass is 309 g/mol. The Hall–Kier alpha value is -1.73. The van der Waals surface area contributed by atoms with E-state index in [1.807, 2.05) is 4.90 Å². The Morgan fingerprint density at radius 3 is 2.86 bits per heavy atom. The average molecular weight is 309 g/mol. The van der Waals surface area contributed by atoms with E-state index >= 15 is 0 Å². The predicted molar refractivity (Wildman–Crippen MR) is 80.4 cm³/mol. The van der Waals surface area contributed by atoms with Gasteiger partial charge in [-0.3, -0.25) is 15.0 Å². The molecule has 2 aliphatic rings. The van der Waals surface area contributed by atoms with Gasteiger partial charge in [0.25, 0.3) is 5.69 Å². The van der Waals surface area contributed by atoms with Crippen molar-refractivity contribution in [2.75, 3.05) is 37.7 Å². The van der Waals surface area contributed by atoms with Crippen molar-refractivity contribution in [2.24, 2.45) is 5.92 Å². The summed E-state index contributed by atoms with van der Waals surface area (Å²) in [5.74, 6) is -0.250. The highest BCUT2D eigenvalue weighted by Crippen LogP contribution is 2.33. The topological polar surface area (TPSA) is 69.9 Å². The van der Waals surface area contributed by atoms with Crippen LogP contribution < -0.4 is 4.90 Å². The average Bonchev–Trinajstić information content (AvgIpc) is 2.53. The van der Waals surface area contributed by atoms with E-state index in [-0.39, 0.29) is 12.3 Å². The highest BCUT2D eigenvalue weighted by Gasteiger charge is 2.34. The summed E-state index contributed by atoms with van der Waals surface area (Å²) in [4.78, 5) is 15.0. The van der Waals surface area contributed by atoms with Crippen LogP contribution in [0.25, 0.3) is 0 Å². The lowest BCUT2D eigenvalue weighted by Crippen LogP contribution is -2.57. The molecule has 0 amide bonds. The highest BCUT2D eigenvalue weighted by molar-refractivity contribution is 5.63. The lowest BCUT2D eigenvalue weighted by atomic mass is 9.91. The fourth-order valence-corrected chi connectivity index (χ4v) is 3.54. The third-order valence-electron chi connectivity index (χ3n) is 4.74. The molecule has 2 saturated heterocycles. The summed E-state index contributed by atoms with van der Waals surface area (Å²) in [5, 5.41) is 20.4. The summed E-state index contributed by atoms with van der Waals surface area (Å²) in [7, 11) is 0. The van der Waals surface area contributed by atoms with Gasteiger partial charge in [0, 0.05) is 38.8 Å². The van der Waals surface area contributed by atoms with Crippen LogP contribution >= 0.6 is 0 Å². The number of aliphatic hydroxyl groups excluding tert-OH is 1. The highest BCUT2D eigenvalue weighted by atomic mass is 19.1. The summed E-state index contributed by atoms with van der Waals surface area (Å²) in [5.41, 5.74) is 0.327. The van der Waals surface area contributed by atoms with Crippen LogP contribution in [0.5, 0.6) is 0 Å². The van der Waals surface area contributed by atoms with E-state index in [0.717, 1.165) is 32.0 Å². The third kappa shape index (κ3) is 2.91. The lowest BCUT2D eigenvalue weighted by molar-refractivity contribution is -0.384. The number of fused-ring (bicyclic) bond motifs is 1. The van der Waals surface area contributed by atoms with Gasteiger partial charge in [-0.15, -0.1) is 0 Å². The molecular formula is C15H20FN3O3. The van der Waals surface area contributed by atoms with Crippen LogP contribution in [0.3, 0.4) is 0 Å². The first-order valence-corrected chi connectivity index (χ1v) is 7.62. The Bertz CT molecular complexity index is 569. The number of hydrogen-bond donors (Lipinski definition) is 1. The number of nitrogens with zero attached hydrogens (tertiary/aromatic N) is 3. The third-order valence-corrected chi connectivity index (χ3v) is 4.74. The molecule has 2 atom stereocenters. The number of aliphatic hydroxyl groups is 1. The Kier molecular flexibility index (Phi) is 4.26. The van der Waals surface area contributed by atoms with Crippen molar-refractivity contribution in [1.29, 1.82) is 0 Å². The number of benzene rings is 1. The van der Waals surface area contributed by atoms with E-state index in [1.165, 1.54) is 12.1 Å². The summed E-state index contributed by atoms with van der Waals surface area (Å²) in [6.45, 7) is 3.32. The van der Waals surface area contributed by atoms with Gasteiger partial charge >= 0.3 is 0 Å². The maximum absolute atomic E-state index is 13.3. The molecule has 0 radical (unpaired) electrons. The lowest BCUT2D eigenvalue weighted by Gasteiger charge is -2.46. The van der Waals surface area contributed by atoms with Gasteiger partial charge in [-0.1, -0.05) is 0 Å². The Balaban J connectivity index is 1.77. The van der Waals surface area contributed by atoms with E-state index < -0.39 is 10.7 Å². The minimum Gasteiger partial charge on any atom is -0.396 e. The number of rotatable bonds is 3. The largest absolute Gasteiger partial charge is 0.396 e. The first-order chi connectivity index (χ1) is 10.6. The fourth-order valence-electron chi connectivity index (χ4n) is 3.54. The van der Waals surface area contributed by atoms with Crippen LogP contribution in [0.4, 0.5) is 15.8 Å². The van der Waals surface area contributed by atoms with Gasteiger partial charge in [-0.25, -0.2) is 4.39 Å². The number of nitro groups is 1. The molecule has 2 heterocycles.